The molecule has 28 heavy (non-hydrogen) atoms. The number of ether oxygens (including phenoxy) is 1. The molecule has 1 aromatic carbocycles. The van der Waals surface area contributed by atoms with E-state index in [2.05, 4.69) is 31.5 Å². The monoisotopic (exact) mass is 415 g/mol. The molecule has 1 atom stereocenters. The van der Waals surface area contributed by atoms with E-state index in [1.165, 1.54) is 0 Å². The first kappa shape index (κ1) is 19.4. The zero-order valence-corrected chi connectivity index (χ0v) is 18.3. The van der Waals surface area contributed by atoms with Crippen LogP contribution in [0.2, 0.25) is 0 Å². The van der Waals surface area contributed by atoms with Gasteiger partial charge in [0.05, 0.1) is 24.1 Å². The van der Waals surface area contributed by atoms with Crippen molar-refractivity contribution < 1.29 is 4.74 Å². The van der Waals surface area contributed by atoms with Crippen molar-refractivity contribution in [2.24, 2.45) is 0 Å². The van der Waals surface area contributed by atoms with Crippen LogP contribution in [-0.4, -0.2) is 48.9 Å². The van der Waals surface area contributed by atoms with Gasteiger partial charge in [0.15, 0.2) is 11.6 Å². The van der Waals surface area contributed by atoms with Crippen LogP contribution in [0.5, 0.6) is 5.75 Å². The molecule has 6 nitrogen and oxygen atoms in total. The minimum Gasteiger partial charge on any atom is -0.497 e. The Morgan fingerprint density at radius 2 is 2.00 bits per heavy atom. The highest BCUT2D eigenvalue weighted by molar-refractivity contribution is 8.00. The van der Waals surface area contributed by atoms with Gasteiger partial charge in [-0.25, -0.2) is 14.3 Å². The van der Waals surface area contributed by atoms with Gasteiger partial charge in [-0.3, -0.25) is 0 Å². The van der Waals surface area contributed by atoms with Crippen LogP contribution < -0.4 is 4.74 Å². The van der Waals surface area contributed by atoms with Gasteiger partial charge in [0.25, 0.3) is 0 Å². The highest BCUT2D eigenvalue weighted by atomic mass is 32.2. The average Bonchev–Trinajstić information content (AvgIpc) is 3.25. The number of hydrogen-bond acceptors (Lipinski definition) is 6. The largest absolute Gasteiger partial charge is 0.497 e. The molecule has 0 N–H and O–H groups in total. The van der Waals surface area contributed by atoms with Crippen LogP contribution in [0.1, 0.15) is 36.7 Å². The Morgan fingerprint density at radius 1 is 1.25 bits per heavy atom. The number of methoxy groups -OCH3 is 1. The minimum atomic E-state index is 0.280. The molecule has 3 heterocycles. The standard InChI is InChI=1S/C20H25N5OS2/c1-5-28-14(3)19-21-20(25(23-19)16-11-27-12-16)18-10-13(2)24(22-18)15-6-8-17(26-4)9-7-15/h6-10,14,16H,5,11-12H2,1-4H3. The summed E-state index contributed by atoms with van der Waals surface area (Å²) in [5.41, 5.74) is 2.94. The topological polar surface area (TPSA) is 57.8 Å². The van der Waals surface area contributed by atoms with Gasteiger partial charge in [-0.1, -0.05) is 6.92 Å². The predicted octanol–water partition coefficient (Wildman–Crippen LogP) is 4.55. The van der Waals surface area contributed by atoms with Gasteiger partial charge < -0.3 is 4.74 Å². The van der Waals surface area contributed by atoms with E-state index < -0.39 is 0 Å². The molecule has 0 saturated carbocycles. The van der Waals surface area contributed by atoms with Gasteiger partial charge in [-0.05, 0) is 49.9 Å². The molecule has 1 fully saturated rings. The zero-order valence-electron chi connectivity index (χ0n) is 16.6. The molecule has 148 valence electrons. The summed E-state index contributed by atoms with van der Waals surface area (Å²) < 4.78 is 9.31. The number of aromatic nitrogens is 5. The quantitative estimate of drug-likeness (QED) is 0.564. The fraction of sp³-hybridized carbons (Fsp3) is 0.450. The molecule has 1 aliphatic rings. The van der Waals surface area contributed by atoms with Gasteiger partial charge in [0.1, 0.15) is 11.4 Å². The maximum Gasteiger partial charge on any atom is 0.179 e. The second-order valence-electron chi connectivity index (χ2n) is 6.81. The Bertz CT molecular complexity index is 946. The highest BCUT2D eigenvalue weighted by Crippen LogP contribution is 2.35. The van der Waals surface area contributed by atoms with Crippen molar-refractivity contribution in [2.75, 3.05) is 24.4 Å². The highest BCUT2D eigenvalue weighted by Gasteiger charge is 2.28. The molecule has 4 rings (SSSR count). The molecule has 0 bridgehead atoms. The lowest BCUT2D eigenvalue weighted by atomic mass is 10.3. The molecule has 8 heteroatoms. The Hall–Kier alpha value is -1.93. The summed E-state index contributed by atoms with van der Waals surface area (Å²) in [5, 5.41) is 10.0. The van der Waals surface area contributed by atoms with Crippen molar-refractivity contribution in [3.05, 3.63) is 41.9 Å². The SMILES string of the molecule is CCSC(C)c1nc(-c2cc(C)n(-c3ccc(OC)cc3)n2)n(C2CSC2)n1. The third-order valence-corrected chi connectivity index (χ3v) is 7.11. The van der Waals surface area contributed by atoms with E-state index in [9.17, 15) is 0 Å². The van der Waals surface area contributed by atoms with Gasteiger partial charge >= 0.3 is 0 Å². The molecule has 0 amide bonds. The van der Waals surface area contributed by atoms with E-state index in [0.717, 1.165) is 51.7 Å². The Kier molecular flexibility index (Phi) is 5.68. The summed E-state index contributed by atoms with van der Waals surface area (Å²) in [6.07, 6.45) is 0. The number of aryl methyl sites for hydroxylation is 1. The zero-order chi connectivity index (χ0) is 19.7. The molecule has 1 aliphatic heterocycles. The molecule has 0 spiro atoms. The molecule has 2 aromatic heterocycles. The Balaban J connectivity index is 1.72. The van der Waals surface area contributed by atoms with E-state index in [1.807, 2.05) is 52.5 Å². The lowest BCUT2D eigenvalue weighted by Crippen LogP contribution is -2.24. The molecular formula is C20H25N5OS2. The number of benzene rings is 1. The van der Waals surface area contributed by atoms with Crippen LogP contribution in [0.4, 0.5) is 0 Å². The van der Waals surface area contributed by atoms with Crippen LogP contribution in [0.3, 0.4) is 0 Å². The van der Waals surface area contributed by atoms with Crippen molar-refractivity contribution in [3.63, 3.8) is 0 Å². The van der Waals surface area contributed by atoms with Crippen LogP contribution in [0, 0.1) is 6.92 Å². The lowest BCUT2D eigenvalue weighted by molar-refractivity contribution is 0.414. The van der Waals surface area contributed by atoms with Crippen LogP contribution >= 0.6 is 23.5 Å². The second-order valence-corrected chi connectivity index (χ2v) is 9.50. The molecular weight excluding hydrogens is 390 g/mol. The smallest absolute Gasteiger partial charge is 0.179 e. The summed E-state index contributed by atoms with van der Waals surface area (Å²) in [7, 11) is 1.67. The van der Waals surface area contributed by atoms with Gasteiger partial charge in [0, 0.05) is 17.2 Å². The number of nitrogens with zero attached hydrogens (tertiary/aromatic N) is 5. The average molecular weight is 416 g/mol. The Labute approximate surface area is 174 Å². The van der Waals surface area contributed by atoms with Crippen LogP contribution in [0.25, 0.3) is 17.2 Å². The molecule has 0 radical (unpaired) electrons. The lowest BCUT2D eigenvalue weighted by Gasteiger charge is -2.25. The van der Waals surface area contributed by atoms with Crippen molar-refractivity contribution in [3.8, 4) is 23.0 Å². The normalized spacial score (nSPS) is 15.4. The van der Waals surface area contributed by atoms with E-state index in [4.69, 9.17) is 19.9 Å². The van der Waals surface area contributed by atoms with Crippen LogP contribution in [-0.2, 0) is 0 Å². The van der Waals surface area contributed by atoms with Gasteiger partial charge in [0.2, 0.25) is 0 Å². The fourth-order valence-electron chi connectivity index (χ4n) is 3.20. The van der Waals surface area contributed by atoms with Gasteiger partial charge in [-0.15, -0.1) is 0 Å². The van der Waals surface area contributed by atoms with Crippen molar-refractivity contribution in [1.29, 1.82) is 0 Å². The number of rotatable bonds is 7. The summed E-state index contributed by atoms with van der Waals surface area (Å²) >= 11 is 3.82. The fourth-order valence-corrected chi connectivity index (χ4v) is 4.68. The van der Waals surface area contributed by atoms with Crippen molar-refractivity contribution in [1.82, 2.24) is 24.5 Å². The molecule has 1 saturated heterocycles. The van der Waals surface area contributed by atoms with E-state index in [1.54, 1.807) is 7.11 Å². The maximum absolute atomic E-state index is 5.26. The van der Waals surface area contributed by atoms with Crippen LogP contribution in [0.15, 0.2) is 30.3 Å². The summed E-state index contributed by atoms with van der Waals surface area (Å²) in [4.78, 5) is 4.90. The predicted molar refractivity (Wildman–Crippen MR) is 117 cm³/mol. The first-order valence-corrected chi connectivity index (χ1v) is 11.7. The molecule has 0 aliphatic carbocycles. The summed E-state index contributed by atoms with van der Waals surface area (Å²) in [5.74, 6) is 5.83. The number of thioether (sulfide) groups is 2. The third kappa shape index (κ3) is 3.67. The van der Waals surface area contributed by atoms with Crippen molar-refractivity contribution in [2.45, 2.75) is 32.1 Å². The first-order chi connectivity index (χ1) is 13.6. The second kappa shape index (κ2) is 8.21. The van der Waals surface area contributed by atoms with E-state index in [0.29, 0.717) is 6.04 Å². The molecule has 1 unspecified atom stereocenters. The Morgan fingerprint density at radius 3 is 2.61 bits per heavy atom. The summed E-state index contributed by atoms with van der Waals surface area (Å²) in [6, 6.07) is 10.4. The van der Waals surface area contributed by atoms with E-state index in [-0.39, 0.29) is 5.25 Å². The first-order valence-electron chi connectivity index (χ1n) is 9.48. The minimum absolute atomic E-state index is 0.280. The van der Waals surface area contributed by atoms with E-state index >= 15 is 0 Å². The maximum atomic E-state index is 5.26. The third-order valence-electron chi connectivity index (χ3n) is 4.83. The van der Waals surface area contributed by atoms with Gasteiger partial charge in [-0.2, -0.15) is 33.7 Å². The summed E-state index contributed by atoms with van der Waals surface area (Å²) in [6.45, 7) is 6.41. The number of hydrogen-bond donors (Lipinski definition) is 0. The molecule has 3 aromatic rings. The van der Waals surface area contributed by atoms with Crippen molar-refractivity contribution >= 4 is 23.5 Å².